The first-order valence-corrected chi connectivity index (χ1v) is 11.2. The molecule has 34 heavy (non-hydrogen) atoms. The summed E-state index contributed by atoms with van der Waals surface area (Å²) >= 11 is 6.30. The number of fused-ring (bicyclic) bond motifs is 1. The fourth-order valence-corrected chi connectivity index (χ4v) is 3.88. The number of ether oxygens (including phenoxy) is 3. The van der Waals surface area contributed by atoms with Crippen molar-refractivity contribution in [1.29, 1.82) is 0 Å². The van der Waals surface area contributed by atoms with Gasteiger partial charge in [0.15, 0.2) is 0 Å². The number of aromatic nitrogens is 1. The number of nitrogens with one attached hydrogen (secondary N) is 3. The van der Waals surface area contributed by atoms with E-state index in [1.54, 1.807) is 42.6 Å². The zero-order valence-electron chi connectivity index (χ0n) is 18.8. The maximum absolute atomic E-state index is 12.9. The van der Waals surface area contributed by atoms with E-state index in [9.17, 15) is 9.59 Å². The van der Waals surface area contributed by atoms with Crippen LogP contribution < -0.4 is 25.4 Å². The van der Waals surface area contributed by atoms with Gasteiger partial charge >= 0.3 is 6.03 Å². The van der Waals surface area contributed by atoms with Gasteiger partial charge < -0.3 is 30.2 Å². The number of carbonyl (C=O) groups is 2. The van der Waals surface area contributed by atoms with Crippen LogP contribution in [0.3, 0.4) is 0 Å². The third-order valence-corrected chi connectivity index (χ3v) is 5.74. The maximum Gasteiger partial charge on any atom is 0.319 e. The number of amides is 3. The van der Waals surface area contributed by atoms with Crippen LogP contribution in [0.25, 0.3) is 10.9 Å². The molecule has 1 aliphatic rings. The highest BCUT2D eigenvalue weighted by molar-refractivity contribution is 6.33. The highest BCUT2D eigenvalue weighted by Crippen LogP contribution is 2.35. The number of pyridine rings is 1. The van der Waals surface area contributed by atoms with E-state index in [4.69, 9.17) is 25.8 Å². The number of urea groups is 1. The van der Waals surface area contributed by atoms with Crippen LogP contribution in [0, 0.1) is 0 Å². The van der Waals surface area contributed by atoms with Crippen molar-refractivity contribution in [2.45, 2.75) is 18.9 Å². The molecule has 178 valence electrons. The lowest BCUT2D eigenvalue weighted by Crippen LogP contribution is -2.32. The first-order valence-electron chi connectivity index (χ1n) is 10.8. The van der Waals surface area contributed by atoms with Gasteiger partial charge in [-0.05, 0) is 37.1 Å². The van der Waals surface area contributed by atoms with Gasteiger partial charge in [0.05, 0.1) is 35.0 Å². The summed E-state index contributed by atoms with van der Waals surface area (Å²) < 4.78 is 17.1. The largest absolute Gasteiger partial charge is 0.496 e. The summed E-state index contributed by atoms with van der Waals surface area (Å²) in [4.78, 5) is 28.9. The minimum atomic E-state index is -0.380. The Hall–Kier alpha value is -3.56. The average molecular weight is 485 g/mol. The second kappa shape index (κ2) is 10.6. The van der Waals surface area contributed by atoms with Crippen LogP contribution in [0.1, 0.15) is 23.2 Å². The van der Waals surface area contributed by atoms with E-state index in [2.05, 4.69) is 20.9 Å². The summed E-state index contributed by atoms with van der Waals surface area (Å²) in [5.74, 6) is 1.09. The molecule has 0 radical (unpaired) electrons. The van der Waals surface area contributed by atoms with Crippen LogP contribution in [-0.4, -0.2) is 50.3 Å². The number of hydrogen-bond donors (Lipinski definition) is 3. The lowest BCUT2D eigenvalue weighted by atomic mass is 10.1. The summed E-state index contributed by atoms with van der Waals surface area (Å²) in [6.07, 6.45) is 3.56. The van der Waals surface area contributed by atoms with Gasteiger partial charge in [0.2, 0.25) is 0 Å². The van der Waals surface area contributed by atoms with E-state index >= 15 is 0 Å². The number of hydrogen-bond acceptors (Lipinski definition) is 6. The van der Waals surface area contributed by atoms with Gasteiger partial charge in [0, 0.05) is 43.9 Å². The Morgan fingerprint density at radius 3 is 2.76 bits per heavy atom. The van der Waals surface area contributed by atoms with Gasteiger partial charge in [-0.1, -0.05) is 11.6 Å². The molecule has 1 atom stereocenters. The molecule has 1 aliphatic heterocycles. The first-order chi connectivity index (χ1) is 16.5. The van der Waals surface area contributed by atoms with E-state index in [-0.39, 0.29) is 18.0 Å². The van der Waals surface area contributed by atoms with Crippen LogP contribution in [0.5, 0.6) is 17.2 Å². The number of rotatable bonds is 7. The lowest BCUT2D eigenvalue weighted by Gasteiger charge is -2.15. The minimum Gasteiger partial charge on any atom is -0.496 e. The fraction of sp³-hybridized carbons (Fsp3) is 0.292. The van der Waals surface area contributed by atoms with E-state index in [1.165, 1.54) is 14.2 Å². The summed E-state index contributed by atoms with van der Waals surface area (Å²) in [6.45, 7) is 1.16. The summed E-state index contributed by atoms with van der Waals surface area (Å²) in [6, 6.07) is 9.64. The van der Waals surface area contributed by atoms with Crippen molar-refractivity contribution in [1.82, 2.24) is 15.6 Å². The Bertz CT molecular complexity index is 1210. The minimum absolute atomic E-state index is 0.0292. The Morgan fingerprint density at radius 2 is 2.06 bits per heavy atom. The fourth-order valence-electron chi connectivity index (χ4n) is 3.66. The molecule has 10 heteroatoms. The molecule has 9 nitrogen and oxygen atoms in total. The van der Waals surface area contributed by atoms with Gasteiger partial charge in [-0.2, -0.15) is 0 Å². The van der Waals surface area contributed by atoms with Gasteiger partial charge in [-0.3, -0.25) is 9.78 Å². The highest BCUT2D eigenvalue weighted by atomic mass is 35.5. The number of halogens is 1. The number of nitrogens with zero attached hydrogens (tertiary/aromatic N) is 1. The normalized spacial score (nSPS) is 15.1. The number of carbonyl (C=O) groups excluding carboxylic acids is 2. The average Bonchev–Trinajstić information content (AvgIpc) is 3.37. The van der Waals surface area contributed by atoms with Gasteiger partial charge in [-0.25, -0.2) is 4.79 Å². The van der Waals surface area contributed by atoms with E-state index in [0.717, 1.165) is 19.4 Å². The zero-order chi connectivity index (χ0) is 24.1. The quantitative estimate of drug-likeness (QED) is 0.460. The Labute approximate surface area is 201 Å². The molecule has 2 aromatic carbocycles. The SMILES string of the molecule is CNC(=O)Nc1ccc(Oc2ccnc3cc(OC)c(C(=O)NC[C@H]4CCCO4)cc23)cc1Cl. The second-order valence-electron chi connectivity index (χ2n) is 7.67. The third-order valence-electron chi connectivity index (χ3n) is 5.43. The van der Waals surface area contributed by atoms with Crippen LogP contribution >= 0.6 is 11.6 Å². The molecule has 4 rings (SSSR count). The van der Waals surface area contributed by atoms with Gasteiger partial charge in [0.1, 0.15) is 17.2 Å². The molecule has 3 N–H and O–H groups in total. The molecule has 2 heterocycles. The molecule has 0 bridgehead atoms. The van der Waals surface area contributed by atoms with Crippen molar-refractivity contribution < 1.29 is 23.8 Å². The topological polar surface area (TPSA) is 111 Å². The van der Waals surface area contributed by atoms with Crippen molar-refractivity contribution in [3.63, 3.8) is 0 Å². The molecule has 1 fully saturated rings. The number of methoxy groups -OCH3 is 1. The monoisotopic (exact) mass is 484 g/mol. The van der Waals surface area contributed by atoms with E-state index in [1.807, 2.05) is 0 Å². The van der Waals surface area contributed by atoms with Crippen molar-refractivity contribution in [2.24, 2.45) is 0 Å². The standard InChI is InChI=1S/C24H25ClN4O5/c1-26-24(31)29-19-6-5-14(10-18(19)25)34-21-7-8-27-20-12-22(32-2)17(11-16(20)21)23(30)28-13-15-4-3-9-33-15/h5-8,10-12,15H,3-4,9,13H2,1-2H3,(H,28,30)(H2,26,29,31)/t15-/m1/s1. The van der Waals surface area contributed by atoms with Crippen LogP contribution in [0.15, 0.2) is 42.6 Å². The molecule has 3 aromatic rings. The molecule has 0 aliphatic carbocycles. The Kier molecular flexibility index (Phi) is 7.34. The highest BCUT2D eigenvalue weighted by Gasteiger charge is 2.20. The second-order valence-corrected chi connectivity index (χ2v) is 8.08. The lowest BCUT2D eigenvalue weighted by molar-refractivity contribution is 0.0855. The Morgan fingerprint density at radius 1 is 1.21 bits per heavy atom. The van der Waals surface area contributed by atoms with Crippen molar-refractivity contribution in [3.8, 4) is 17.2 Å². The summed E-state index contributed by atoms with van der Waals surface area (Å²) in [7, 11) is 3.02. The predicted octanol–water partition coefficient (Wildman–Crippen LogP) is 4.35. The summed E-state index contributed by atoms with van der Waals surface area (Å²) in [5, 5.41) is 8.97. The number of benzene rings is 2. The molecular formula is C24H25ClN4O5. The van der Waals surface area contributed by atoms with Gasteiger partial charge in [-0.15, -0.1) is 0 Å². The Balaban J connectivity index is 1.60. The van der Waals surface area contributed by atoms with E-state index < -0.39 is 0 Å². The van der Waals surface area contributed by atoms with Gasteiger partial charge in [0.25, 0.3) is 5.91 Å². The molecule has 0 spiro atoms. The third kappa shape index (κ3) is 5.32. The molecule has 1 aromatic heterocycles. The van der Waals surface area contributed by atoms with Crippen molar-refractivity contribution in [2.75, 3.05) is 32.6 Å². The van der Waals surface area contributed by atoms with Crippen LogP contribution in [0.2, 0.25) is 5.02 Å². The number of anilines is 1. The molecule has 1 saturated heterocycles. The van der Waals surface area contributed by atoms with E-state index in [0.29, 0.717) is 51.0 Å². The molecule has 3 amide bonds. The zero-order valence-corrected chi connectivity index (χ0v) is 19.6. The van der Waals surface area contributed by atoms with Crippen molar-refractivity contribution in [3.05, 3.63) is 53.2 Å². The first kappa shape index (κ1) is 23.6. The maximum atomic E-state index is 12.9. The van der Waals surface area contributed by atoms with Crippen molar-refractivity contribution >= 4 is 40.1 Å². The van der Waals surface area contributed by atoms with Crippen LogP contribution in [0.4, 0.5) is 10.5 Å². The molecular weight excluding hydrogens is 460 g/mol. The summed E-state index contributed by atoms with van der Waals surface area (Å²) in [5.41, 5.74) is 1.42. The van der Waals surface area contributed by atoms with Crippen LogP contribution in [-0.2, 0) is 4.74 Å². The molecule has 0 saturated carbocycles. The molecule has 0 unspecified atom stereocenters. The smallest absolute Gasteiger partial charge is 0.319 e. The predicted molar refractivity (Wildman–Crippen MR) is 129 cm³/mol.